The number of hydrogen-bond donors (Lipinski definition) is 0. The molecule has 0 radical (unpaired) electrons. The zero-order valence-corrected chi connectivity index (χ0v) is 39.9. The van der Waals surface area contributed by atoms with Gasteiger partial charge in [-0.05, 0) is 94.7 Å². The summed E-state index contributed by atoms with van der Waals surface area (Å²) in [6, 6.07) is 0. The lowest BCUT2D eigenvalue weighted by molar-refractivity contribution is -0.158. The molecule has 1 fully saturated rings. The molecule has 0 aliphatic carbocycles. The lowest BCUT2D eigenvalue weighted by Crippen LogP contribution is -2.47. The van der Waals surface area contributed by atoms with Crippen molar-refractivity contribution in [2.75, 3.05) is 50.4 Å². The topological polar surface area (TPSA) is 102 Å². The molecule has 1 unspecified atom stereocenters. The van der Waals surface area contributed by atoms with Crippen LogP contribution in [0.4, 0.5) is 0 Å². The SMILES string of the molecule is CCCCCCCCCOC(=O)CCCCCCCN(CCCCCCCC(=O)OC(CCCCCCCC)CCCCCCCI)CCCN1C(=O)COCC1=O. The highest BCUT2D eigenvalue weighted by atomic mass is 127. The number of unbranched alkanes of at least 4 members (excludes halogenated alkanes) is 23. The minimum absolute atomic E-state index is 0.0110. The van der Waals surface area contributed by atoms with E-state index in [1.807, 2.05) is 0 Å². The Bertz CT molecular complexity index is 967. The van der Waals surface area contributed by atoms with E-state index in [9.17, 15) is 19.2 Å². The van der Waals surface area contributed by atoms with Crippen molar-refractivity contribution in [2.24, 2.45) is 0 Å². The van der Waals surface area contributed by atoms with Gasteiger partial charge in [0.05, 0.1) is 6.61 Å². The van der Waals surface area contributed by atoms with Gasteiger partial charge in [0, 0.05) is 19.4 Å². The summed E-state index contributed by atoms with van der Waals surface area (Å²) in [5, 5.41) is 0. The number of halogens is 1. The summed E-state index contributed by atoms with van der Waals surface area (Å²) < 4.78 is 17.8. The standard InChI is InChI=1S/C48H89IN2O7/c1-3-5-7-9-11-22-30-41-57-47(54)34-25-17-13-20-28-37-50(39-31-40-51-45(52)42-56-43-46(51)53)38-29-21-14-18-26-35-48(55)58-44(32-23-15-10-8-6-4-2)33-24-16-12-19-27-36-49/h44H,3-43H2,1-2H3. The van der Waals surface area contributed by atoms with E-state index in [2.05, 4.69) is 41.3 Å². The third-order valence-electron chi connectivity index (χ3n) is 11.5. The molecule has 0 bridgehead atoms. The lowest BCUT2D eigenvalue weighted by Gasteiger charge is -2.27. The van der Waals surface area contributed by atoms with Crippen LogP contribution in [0.2, 0.25) is 0 Å². The Kier molecular flexibility index (Phi) is 38.8. The Labute approximate surface area is 370 Å². The maximum atomic E-state index is 12.8. The Balaban J connectivity index is 2.34. The van der Waals surface area contributed by atoms with Crippen molar-refractivity contribution < 1.29 is 33.4 Å². The number of imide groups is 1. The number of carbonyl (C=O) groups is 4. The molecular weight excluding hydrogens is 843 g/mol. The molecule has 0 aromatic heterocycles. The van der Waals surface area contributed by atoms with Gasteiger partial charge < -0.3 is 19.1 Å². The molecule has 1 heterocycles. The van der Waals surface area contributed by atoms with Crippen molar-refractivity contribution >= 4 is 46.3 Å². The highest BCUT2D eigenvalue weighted by molar-refractivity contribution is 14.1. The molecule has 1 aliphatic heterocycles. The largest absolute Gasteiger partial charge is 0.466 e. The number of hydrogen-bond acceptors (Lipinski definition) is 8. The molecule has 10 heteroatoms. The fourth-order valence-corrected chi connectivity index (χ4v) is 8.34. The molecule has 2 amide bonds. The number of carbonyl (C=O) groups excluding carboxylic acids is 4. The zero-order valence-electron chi connectivity index (χ0n) is 37.7. The zero-order chi connectivity index (χ0) is 42.2. The highest BCUT2D eigenvalue weighted by Crippen LogP contribution is 2.19. The minimum Gasteiger partial charge on any atom is -0.466 e. The number of amides is 2. The number of morpholine rings is 1. The van der Waals surface area contributed by atoms with Gasteiger partial charge in [0.1, 0.15) is 19.3 Å². The number of nitrogens with zero attached hydrogens (tertiary/aromatic N) is 2. The molecule has 0 aromatic carbocycles. The minimum atomic E-state index is -0.237. The van der Waals surface area contributed by atoms with Gasteiger partial charge in [-0.1, -0.05) is 165 Å². The fourth-order valence-electron chi connectivity index (χ4n) is 7.80. The van der Waals surface area contributed by atoms with Crippen LogP contribution >= 0.6 is 22.6 Å². The second-order valence-corrected chi connectivity index (χ2v) is 18.0. The van der Waals surface area contributed by atoms with Gasteiger partial charge in [-0.25, -0.2) is 0 Å². The van der Waals surface area contributed by atoms with Crippen molar-refractivity contribution in [3.8, 4) is 0 Å². The van der Waals surface area contributed by atoms with Crippen LogP contribution in [0.3, 0.4) is 0 Å². The first-order valence-electron chi connectivity index (χ1n) is 24.5. The fraction of sp³-hybridized carbons (Fsp3) is 0.917. The normalized spacial score (nSPS) is 13.8. The molecule has 340 valence electrons. The molecule has 0 N–H and O–H groups in total. The third-order valence-corrected chi connectivity index (χ3v) is 12.2. The van der Waals surface area contributed by atoms with Gasteiger partial charge in [0.15, 0.2) is 0 Å². The second-order valence-electron chi connectivity index (χ2n) is 16.9. The molecule has 58 heavy (non-hydrogen) atoms. The molecule has 1 rings (SSSR count). The van der Waals surface area contributed by atoms with Crippen LogP contribution in [0.5, 0.6) is 0 Å². The Morgan fingerprint density at radius 2 is 1.00 bits per heavy atom. The van der Waals surface area contributed by atoms with E-state index >= 15 is 0 Å². The average Bonchev–Trinajstić information content (AvgIpc) is 3.21. The van der Waals surface area contributed by atoms with E-state index in [0.29, 0.717) is 26.0 Å². The van der Waals surface area contributed by atoms with E-state index in [1.165, 1.54) is 99.2 Å². The maximum absolute atomic E-state index is 12.8. The molecule has 1 saturated heterocycles. The summed E-state index contributed by atoms with van der Waals surface area (Å²) in [7, 11) is 0. The summed E-state index contributed by atoms with van der Waals surface area (Å²) in [6.07, 6.45) is 36.9. The molecule has 0 aromatic rings. The highest BCUT2D eigenvalue weighted by Gasteiger charge is 2.26. The van der Waals surface area contributed by atoms with Crippen LogP contribution in [0.25, 0.3) is 0 Å². The summed E-state index contributed by atoms with van der Waals surface area (Å²) >= 11 is 2.46. The summed E-state index contributed by atoms with van der Waals surface area (Å²) in [5.41, 5.74) is 0. The molecule has 0 spiro atoms. The van der Waals surface area contributed by atoms with Gasteiger partial charge in [-0.15, -0.1) is 0 Å². The summed E-state index contributed by atoms with van der Waals surface area (Å²) in [4.78, 5) is 53.2. The van der Waals surface area contributed by atoms with Crippen LogP contribution in [0.1, 0.15) is 226 Å². The maximum Gasteiger partial charge on any atom is 0.306 e. The van der Waals surface area contributed by atoms with Crippen molar-refractivity contribution in [2.45, 2.75) is 232 Å². The summed E-state index contributed by atoms with van der Waals surface area (Å²) in [6.45, 7) is 8.32. The van der Waals surface area contributed by atoms with Gasteiger partial charge in [-0.3, -0.25) is 24.1 Å². The van der Waals surface area contributed by atoms with Crippen molar-refractivity contribution in [1.82, 2.24) is 9.80 Å². The first-order valence-corrected chi connectivity index (χ1v) is 26.0. The van der Waals surface area contributed by atoms with E-state index in [0.717, 1.165) is 129 Å². The Hall–Kier alpha value is -1.27. The Morgan fingerprint density at radius 1 is 0.569 bits per heavy atom. The van der Waals surface area contributed by atoms with E-state index in [4.69, 9.17) is 14.2 Å². The van der Waals surface area contributed by atoms with Gasteiger partial charge in [0.25, 0.3) is 11.8 Å². The van der Waals surface area contributed by atoms with Crippen LogP contribution in [-0.2, 0) is 33.4 Å². The first kappa shape index (κ1) is 54.7. The van der Waals surface area contributed by atoms with Crippen molar-refractivity contribution in [3.05, 3.63) is 0 Å². The average molecular weight is 933 g/mol. The van der Waals surface area contributed by atoms with Crippen molar-refractivity contribution in [1.29, 1.82) is 0 Å². The van der Waals surface area contributed by atoms with Gasteiger partial charge in [-0.2, -0.15) is 0 Å². The second kappa shape index (κ2) is 41.1. The number of ether oxygens (including phenoxy) is 3. The lowest BCUT2D eigenvalue weighted by atomic mass is 10.0. The van der Waals surface area contributed by atoms with Crippen LogP contribution in [-0.4, -0.2) is 90.1 Å². The smallest absolute Gasteiger partial charge is 0.306 e. The number of rotatable bonds is 43. The molecule has 1 atom stereocenters. The molecule has 1 aliphatic rings. The quantitative estimate of drug-likeness (QED) is 0.0196. The predicted octanol–water partition coefficient (Wildman–Crippen LogP) is 12.5. The van der Waals surface area contributed by atoms with E-state index in [1.54, 1.807) is 0 Å². The summed E-state index contributed by atoms with van der Waals surface area (Å²) in [5.74, 6) is -0.540. The van der Waals surface area contributed by atoms with Crippen LogP contribution in [0.15, 0.2) is 0 Å². The molecular formula is C48H89IN2O7. The molecule has 9 nitrogen and oxygen atoms in total. The van der Waals surface area contributed by atoms with E-state index in [-0.39, 0.29) is 43.1 Å². The predicted molar refractivity (Wildman–Crippen MR) is 247 cm³/mol. The third kappa shape index (κ3) is 33.4. The van der Waals surface area contributed by atoms with Crippen LogP contribution in [0, 0.1) is 0 Å². The van der Waals surface area contributed by atoms with Crippen LogP contribution < -0.4 is 0 Å². The number of esters is 2. The van der Waals surface area contributed by atoms with E-state index < -0.39 is 0 Å². The Morgan fingerprint density at radius 3 is 1.53 bits per heavy atom. The van der Waals surface area contributed by atoms with Gasteiger partial charge in [0.2, 0.25) is 0 Å². The van der Waals surface area contributed by atoms with Crippen molar-refractivity contribution in [3.63, 3.8) is 0 Å². The first-order chi connectivity index (χ1) is 28.4. The van der Waals surface area contributed by atoms with Gasteiger partial charge >= 0.3 is 11.9 Å². The number of alkyl halides is 1. The monoisotopic (exact) mass is 933 g/mol. The molecule has 0 saturated carbocycles.